The van der Waals surface area contributed by atoms with Crippen molar-refractivity contribution in [2.75, 3.05) is 71.7 Å². The third-order valence-electron chi connectivity index (χ3n) is 5.18. The van der Waals surface area contributed by atoms with Gasteiger partial charge >= 0.3 is 0 Å². The van der Waals surface area contributed by atoms with E-state index in [9.17, 15) is 8.42 Å². The zero-order valence-corrected chi connectivity index (χ0v) is 19.1. The smallest absolute Gasteiger partial charge is 0.193 e. The second-order valence-electron chi connectivity index (χ2n) is 7.25. The van der Waals surface area contributed by atoms with Crippen LogP contribution in [0.15, 0.2) is 4.99 Å². The van der Waals surface area contributed by atoms with Gasteiger partial charge in [-0.2, -0.15) is 0 Å². The molecule has 2 rings (SSSR count). The number of aliphatic imine (C=N–C) groups is 1. The number of sulfone groups is 1. The molecule has 0 aromatic heterocycles. The maximum atomic E-state index is 12.1. The lowest BCUT2D eigenvalue weighted by atomic mass is 10.2. The van der Waals surface area contributed by atoms with Crippen LogP contribution in [0.2, 0.25) is 0 Å². The van der Waals surface area contributed by atoms with Crippen molar-refractivity contribution < 1.29 is 8.42 Å². The Morgan fingerprint density at radius 1 is 1.12 bits per heavy atom. The third-order valence-corrected chi connectivity index (χ3v) is 7.71. The average molecular weight is 487 g/mol. The van der Waals surface area contributed by atoms with Crippen LogP contribution in [0.1, 0.15) is 20.8 Å². The summed E-state index contributed by atoms with van der Waals surface area (Å²) < 4.78 is 23.5. The van der Waals surface area contributed by atoms with E-state index in [1.54, 1.807) is 20.9 Å². The van der Waals surface area contributed by atoms with Crippen molar-refractivity contribution in [1.82, 2.24) is 20.0 Å². The van der Waals surface area contributed by atoms with Crippen LogP contribution in [0.3, 0.4) is 0 Å². The standard InChI is InChI=1S/C16H33N5O2S.HI/c1-5-19-8-10-20(11-9-19)7-6-18-15(17-4)21-12-13-24(22,23)16(2,3)14-21;/h5-14H2,1-4H3,(H,17,18);1H. The molecule has 2 fully saturated rings. The van der Waals surface area contributed by atoms with Crippen LogP contribution in [-0.2, 0) is 9.84 Å². The first-order chi connectivity index (χ1) is 11.3. The lowest BCUT2D eigenvalue weighted by Crippen LogP contribution is -2.57. The summed E-state index contributed by atoms with van der Waals surface area (Å²) in [7, 11) is -1.26. The Hall–Kier alpha value is -0.130. The van der Waals surface area contributed by atoms with E-state index >= 15 is 0 Å². The van der Waals surface area contributed by atoms with Gasteiger partial charge in [0.25, 0.3) is 0 Å². The highest BCUT2D eigenvalue weighted by atomic mass is 127. The summed E-state index contributed by atoms with van der Waals surface area (Å²) in [6.45, 7) is 14.3. The number of hydrogen-bond acceptors (Lipinski definition) is 5. The van der Waals surface area contributed by atoms with E-state index in [1.807, 2.05) is 0 Å². The number of halogens is 1. The Labute approximate surface area is 170 Å². The fourth-order valence-corrected chi connectivity index (χ4v) is 4.68. The van der Waals surface area contributed by atoms with Crippen LogP contribution < -0.4 is 5.32 Å². The Morgan fingerprint density at radius 2 is 1.72 bits per heavy atom. The van der Waals surface area contributed by atoms with Crippen LogP contribution in [0, 0.1) is 0 Å². The van der Waals surface area contributed by atoms with E-state index in [0.717, 1.165) is 51.8 Å². The number of likely N-dealkylation sites (N-methyl/N-ethyl adjacent to an activating group) is 1. The number of piperazine rings is 1. The minimum absolute atomic E-state index is 0. The lowest BCUT2D eigenvalue weighted by Gasteiger charge is -2.39. The summed E-state index contributed by atoms with van der Waals surface area (Å²) in [5, 5.41) is 3.40. The Kier molecular flexibility index (Phi) is 8.89. The summed E-state index contributed by atoms with van der Waals surface area (Å²) in [5.41, 5.74) is 0. The summed E-state index contributed by atoms with van der Waals surface area (Å²) in [5.74, 6) is 1.00. The van der Waals surface area contributed by atoms with Crippen molar-refractivity contribution in [3.63, 3.8) is 0 Å². The van der Waals surface area contributed by atoms with Gasteiger partial charge < -0.3 is 15.1 Å². The topological polar surface area (TPSA) is 68.2 Å². The van der Waals surface area contributed by atoms with Crippen molar-refractivity contribution >= 4 is 39.8 Å². The van der Waals surface area contributed by atoms with Crippen LogP contribution in [-0.4, -0.2) is 106 Å². The summed E-state index contributed by atoms with van der Waals surface area (Å²) in [4.78, 5) is 11.3. The molecule has 0 bridgehead atoms. The van der Waals surface area contributed by atoms with Gasteiger partial charge in [-0.1, -0.05) is 6.92 Å². The van der Waals surface area contributed by atoms with Crippen molar-refractivity contribution in [2.45, 2.75) is 25.5 Å². The van der Waals surface area contributed by atoms with Crippen LogP contribution in [0.25, 0.3) is 0 Å². The fourth-order valence-electron chi connectivity index (χ4n) is 3.31. The molecule has 2 aliphatic rings. The average Bonchev–Trinajstić information content (AvgIpc) is 2.55. The Balaban J connectivity index is 0.00000312. The molecule has 2 saturated heterocycles. The number of nitrogens with zero attached hydrogens (tertiary/aromatic N) is 4. The number of hydrogen-bond donors (Lipinski definition) is 1. The van der Waals surface area contributed by atoms with Crippen molar-refractivity contribution in [1.29, 1.82) is 0 Å². The SMILES string of the molecule is CCN1CCN(CCNC(=NC)N2CCS(=O)(=O)C(C)(C)C2)CC1.I. The number of nitrogens with one attached hydrogen (secondary N) is 1. The van der Waals surface area contributed by atoms with Gasteiger partial charge in [-0.15, -0.1) is 24.0 Å². The molecule has 25 heavy (non-hydrogen) atoms. The van der Waals surface area contributed by atoms with Crippen LogP contribution in [0.4, 0.5) is 0 Å². The van der Waals surface area contributed by atoms with E-state index < -0.39 is 14.6 Å². The normalized spacial score (nSPS) is 24.6. The first-order valence-electron chi connectivity index (χ1n) is 8.91. The van der Waals surface area contributed by atoms with Crippen molar-refractivity contribution in [3.05, 3.63) is 0 Å². The summed E-state index contributed by atoms with van der Waals surface area (Å²) >= 11 is 0. The molecular weight excluding hydrogens is 453 g/mol. The minimum Gasteiger partial charge on any atom is -0.355 e. The van der Waals surface area contributed by atoms with E-state index in [1.165, 1.54) is 0 Å². The van der Waals surface area contributed by atoms with E-state index in [2.05, 4.69) is 31.9 Å². The molecule has 0 amide bonds. The highest BCUT2D eigenvalue weighted by Crippen LogP contribution is 2.23. The van der Waals surface area contributed by atoms with Gasteiger partial charge in [0.05, 0.1) is 10.5 Å². The molecule has 0 aliphatic carbocycles. The number of guanidine groups is 1. The molecule has 0 radical (unpaired) electrons. The second kappa shape index (κ2) is 9.70. The predicted molar refractivity (Wildman–Crippen MR) is 115 cm³/mol. The van der Waals surface area contributed by atoms with Gasteiger partial charge in [0.15, 0.2) is 15.8 Å². The highest BCUT2D eigenvalue weighted by molar-refractivity contribution is 14.0. The van der Waals surface area contributed by atoms with Gasteiger partial charge in [-0.3, -0.25) is 9.89 Å². The fraction of sp³-hybridized carbons (Fsp3) is 0.938. The first kappa shape index (κ1) is 22.9. The van der Waals surface area contributed by atoms with Gasteiger partial charge in [0.2, 0.25) is 0 Å². The van der Waals surface area contributed by atoms with Gasteiger partial charge in [0.1, 0.15) is 0 Å². The molecular formula is C16H34IN5O2S. The maximum Gasteiger partial charge on any atom is 0.193 e. The molecule has 0 atom stereocenters. The van der Waals surface area contributed by atoms with Gasteiger partial charge in [0, 0.05) is 59.4 Å². The third kappa shape index (κ3) is 5.93. The molecule has 148 valence electrons. The van der Waals surface area contributed by atoms with Gasteiger partial charge in [-0.25, -0.2) is 8.42 Å². The zero-order chi connectivity index (χ0) is 17.8. The van der Waals surface area contributed by atoms with E-state index in [0.29, 0.717) is 13.1 Å². The molecule has 0 aromatic rings. The van der Waals surface area contributed by atoms with Crippen LogP contribution in [0.5, 0.6) is 0 Å². The monoisotopic (exact) mass is 487 g/mol. The summed E-state index contributed by atoms with van der Waals surface area (Å²) in [6.07, 6.45) is 0. The molecule has 0 aromatic carbocycles. The predicted octanol–water partition coefficient (Wildman–Crippen LogP) is 0.326. The molecule has 2 aliphatic heterocycles. The molecule has 0 unspecified atom stereocenters. The van der Waals surface area contributed by atoms with E-state index in [-0.39, 0.29) is 29.7 Å². The van der Waals surface area contributed by atoms with Crippen molar-refractivity contribution in [2.24, 2.45) is 4.99 Å². The quantitative estimate of drug-likeness (QED) is 0.350. The molecule has 9 heteroatoms. The lowest BCUT2D eigenvalue weighted by molar-refractivity contribution is 0.139. The summed E-state index contributed by atoms with van der Waals surface area (Å²) in [6, 6.07) is 0. The molecule has 2 heterocycles. The Bertz CT molecular complexity index is 545. The number of rotatable bonds is 4. The molecule has 0 spiro atoms. The Morgan fingerprint density at radius 3 is 2.24 bits per heavy atom. The second-order valence-corrected chi connectivity index (χ2v) is 9.99. The molecule has 0 saturated carbocycles. The highest BCUT2D eigenvalue weighted by Gasteiger charge is 2.40. The van der Waals surface area contributed by atoms with Gasteiger partial charge in [-0.05, 0) is 20.4 Å². The zero-order valence-electron chi connectivity index (χ0n) is 16.0. The largest absolute Gasteiger partial charge is 0.355 e. The van der Waals surface area contributed by atoms with Crippen molar-refractivity contribution in [3.8, 4) is 0 Å². The van der Waals surface area contributed by atoms with Crippen LogP contribution >= 0.6 is 24.0 Å². The molecule has 7 nitrogen and oxygen atoms in total. The van der Waals surface area contributed by atoms with E-state index in [4.69, 9.17) is 0 Å². The maximum absolute atomic E-state index is 12.1. The minimum atomic E-state index is -3.02. The first-order valence-corrected chi connectivity index (χ1v) is 10.6. The molecule has 1 N–H and O–H groups in total.